The smallest absolute Gasteiger partial charge is 0.410 e. The lowest BCUT2D eigenvalue weighted by atomic mass is 10.2. The number of carbonyl (C=O) groups is 2. The minimum atomic E-state index is -1.15. The third-order valence-electron chi connectivity index (χ3n) is 3.76. The molecule has 1 saturated heterocycles. The Morgan fingerprint density at radius 2 is 2.08 bits per heavy atom. The summed E-state index contributed by atoms with van der Waals surface area (Å²) in [7, 11) is 0. The maximum Gasteiger partial charge on any atom is 0.410 e. The number of aromatic nitrogens is 2. The average Bonchev–Trinajstić information content (AvgIpc) is 2.67. The van der Waals surface area contributed by atoms with Gasteiger partial charge in [0.2, 0.25) is 0 Å². The molecule has 0 bridgehead atoms. The van der Waals surface area contributed by atoms with Crippen LogP contribution >= 0.6 is 0 Å². The molecule has 1 amide bonds. The first kappa shape index (κ1) is 16.8. The molecular weight excluding hydrogens is 326 g/mol. The van der Waals surface area contributed by atoms with Gasteiger partial charge < -0.3 is 14.6 Å². The predicted molar refractivity (Wildman–Crippen MR) is 85.9 cm³/mol. The number of hydrogen-bond acceptors (Lipinski definition) is 6. The van der Waals surface area contributed by atoms with Crippen molar-refractivity contribution in [2.45, 2.75) is 12.6 Å². The molecule has 1 aliphatic rings. The van der Waals surface area contributed by atoms with E-state index in [0.717, 1.165) is 5.56 Å². The number of benzene rings is 1. The molecule has 8 heteroatoms. The quantitative estimate of drug-likeness (QED) is 0.904. The van der Waals surface area contributed by atoms with Gasteiger partial charge in [0.15, 0.2) is 11.5 Å². The van der Waals surface area contributed by atoms with Gasteiger partial charge in [0.05, 0.1) is 13.2 Å². The summed E-state index contributed by atoms with van der Waals surface area (Å²) >= 11 is 0. The van der Waals surface area contributed by atoms with E-state index in [4.69, 9.17) is 14.6 Å². The van der Waals surface area contributed by atoms with Gasteiger partial charge >= 0.3 is 12.1 Å². The molecule has 0 saturated carbocycles. The van der Waals surface area contributed by atoms with Gasteiger partial charge in [0.1, 0.15) is 12.6 Å². The number of nitrogens with zero attached hydrogens (tertiary/aromatic N) is 3. The molecule has 1 aromatic heterocycles. The topological polar surface area (TPSA) is 102 Å². The number of carboxylic acid groups (broad SMARTS) is 1. The fourth-order valence-corrected chi connectivity index (χ4v) is 2.49. The van der Waals surface area contributed by atoms with Gasteiger partial charge in [0, 0.05) is 12.7 Å². The minimum Gasteiger partial charge on any atom is -0.477 e. The van der Waals surface area contributed by atoms with Crippen LogP contribution in [0.25, 0.3) is 0 Å². The molecule has 1 N–H and O–H groups in total. The zero-order chi connectivity index (χ0) is 17.6. The van der Waals surface area contributed by atoms with Crippen LogP contribution in [0.4, 0.5) is 4.79 Å². The number of hydrogen-bond donors (Lipinski definition) is 1. The van der Waals surface area contributed by atoms with Crippen LogP contribution in [0.15, 0.2) is 42.6 Å². The number of rotatable bonds is 4. The summed E-state index contributed by atoms with van der Waals surface area (Å²) in [5.74, 6) is -0.935. The molecule has 1 aromatic carbocycles. The monoisotopic (exact) mass is 343 g/mol. The van der Waals surface area contributed by atoms with Gasteiger partial charge in [0.25, 0.3) is 0 Å². The van der Waals surface area contributed by atoms with Crippen LogP contribution < -0.4 is 0 Å². The van der Waals surface area contributed by atoms with E-state index in [2.05, 4.69) is 9.97 Å². The Morgan fingerprint density at radius 3 is 2.84 bits per heavy atom. The van der Waals surface area contributed by atoms with E-state index >= 15 is 0 Å². The maximum atomic E-state index is 12.5. The fourth-order valence-electron chi connectivity index (χ4n) is 2.49. The number of morpholine rings is 1. The molecule has 0 spiro atoms. The van der Waals surface area contributed by atoms with Gasteiger partial charge in [-0.15, -0.1) is 0 Å². The van der Waals surface area contributed by atoms with Crippen molar-refractivity contribution in [2.75, 3.05) is 19.8 Å². The SMILES string of the molecule is O=C(O)c1ccnc(C2COCCN2C(=O)OCc2ccccc2)n1. The molecule has 25 heavy (non-hydrogen) atoms. The highest BCUT2D eigenvalue weighted by Gasteiger charge is 2.32. The Bertz CT molecular complexity index is 753. The van der Waals surface area contributed by atoms with Crippen LogP contribution in [0.3, 0.4) is 0 Å². The summed E-state index contributed by atoms with van der Waals surface area (Å²) in [6.45, 7) is 1.03. The first-order chi connectivity index (χ1) is 12.1. The average molecular weight is 343 g/mol. The van der Waals surface area contributed by atoms with Crippen molar-refractivity contribution >= 4 is 12.1 Å². The van der Waals surface area contributed by atoms with Crippen LogP contribution in [-0.2, 0) is 16.1 Å². The lowest BCUT2D eigenvalue weighted by Crippen LogP contribution is -2.44. The second kappa shape index (κ2) is 7.71. The Labute approximate surface area is 144 Å². The molecule has 2 heterocycles. The van der Waals surface area contributed by atoms with E-state index in [-0.39, 0.29) is 24.7 Å². The highest BCUT2D eigenvalue weighted by Crippen LogP contribution is 2.22. The maximum absolute atomic E-state index is 12.5. The Morgan fingerprint density at radius 1 is 1.28 bits per heavy atom. The van der Waals surface area contributed by atoms with Crippen molar-refractivity contribution in [1.29, 1.82) is 0 Å². The van der Waals surface area contributed by atoms with Crippen molar-refractivity contribution in [1.82, 2.24) is 14.9 Å². The Balaban J connectivity index is 1.73. The van der Waals surface area contributed by atoms with Gasteiger partial charge in [-0.05, 0) is 11.6 Å². The van der Waals surface area contributed by atoms with Crippen molar-refractivity contribution in [3.8, 4) is 0 Å². The summed E-state index contributed by atoms with van der Waals surface area (Å²) in [5.41, 5.74) is 0.748. The van der Waals surface area contributed by atoms with Crippen LogP contribution in [0.1, 0.15) is 27.9 Å². The van der Waals surface area contributed by atoms with E-state index in [1.807, 2.05) is 30.3 Å². The lowest BCUT2D eigenvalue weighted by Gasteiger charge is -2.33. The standard InChI is InChI=1S/C17H17N3O5/c21-16(22)13-6-7-18-15(19-13)14-11-24-9-8-20(14)17(23)25-10-12-4-2-1-3-5-12/h1-7,14H,8-11H2,(H,21,22). The molecule has 1 atom stereocenters. The number of aromatic carboxylic acids is 1. The van der Waals surface area contributed by atoms with E-state index in [1.165, 1.54) is 17.2 Å². The Kier molecular flexibility index (Phi) is 5.20. The van der Waals surface area contributed by atoms with Crippen molar-refractivity contribution in [3.63, 3.8) is 0 Å². The molecule has 3 rings (SSSR count). The highest BCUT2D eigenvalue weighted by molar-refractivity contribution is 5.85. The van der Waals surface area contributed by atoms with E-state index < -0.39 is 18.1 Å². The van der Waals surface area contributed by atoms with E-state index in [0.29, 0.717) is 13.2 Å². The first-order valence-corrected chi connectivity index (χ1v) is 7.76. The van der Waals surface area contributed by atoms with E-state index in [9.17, 15) is 9.59 Å². The third-order valence-corrected chi connectivity index (χ3v) is 3.76. The highest BCUT2D eigenvalue weighted by atomic mass is 16.6. The lowest BCUT2D eigenvalue weighted by molar-refractivity contribution is -0.0143. The molecule has 130 valence electrons. The van der Waals surface area contributed by atoms with Crippen LogP contribution in [0.5, 0.6) is 0 Å². The molecule has 2 aromatic rings. The normalized spacial score (nSPS) is 17.1. The molecular formula is C17H17N3O5. The number of carboxylic acids is 1. The van der Waals surface area contributed by atoms with Gasteiger partial charge in [-0.25, -0.2) is 19.6 Å². The van der Waals surface area contributed by atoms with Gasteiger partial charge in [-0.1, -0.05) is 30.3 Å². The zero-order valence-electron chi connectivity index (χ0n) is 13.4. The fraction of sp³-hybridized carbons (Fsp3) is 0.294. The minimum absolute atomic E-state index is 0.131. The van der Waals surface area contributed by atoms with Crippen LogP contribution in [0.2, 0.25) is 0 Å². The summed E-state index contributed by atoms with van der Waals surface area (Å²) in [4.78, 5) is 33.1. The number of carbonyl (C=O) groups excluding carboxylic acids is 1. The largest absolute Gasteiger partial charge is 0.477 e. The molecule has 0 aliphatic carbocycles. The van der Waals surface area contributed by atoms with Crippen molar-refractivity contribution in [3.05, 3.63) is 59.7 Å². The van der Waals surface area contributed by atoms with E-state index in [1.54, 1.807) is 0 Å². The molecule has 1 unspecified atom stereocenters. The molecule has 1 aliphatic heterocycles. The Hall–Kier alpha value is -3.00. The third kappa shape index (κ3) is 4.10. The van der Waals surface area contributed by atoms with Crippen molar-refractivity contribution in [2.24, 2.45) is 0 Å². The molecule has 8 nitrogen and oxygen atoms in total. The molecule has 0 radical (unpaired) electrons. The summed E-state index contributed by atoms with van der Waals surface area (Å²) in [6, 6.07) is 10.1. The number of amides is 1. The van der Waals surface area contributed by atoms with Crippen LogP contribution in [-0.4, -0.2) is 51.8 Å². The second-order valence-electron chi connectivity index (χ2n) is 5.43. The molecule has 1 fully saturated rings. The second-order valence-corrected chi connectivity index (χ2v) is 5.43. The summed E-state index contributed by atoms with van der Waals surface area (Å²) < 4.78 is 10.8. The summed E-state index contributed by atoms with van der Waals surface area (Å²) in [5, 5.41) is 9.07. The van der Waals surface area contributed by atoms with Gasteiger partial charge in [-0.3, -0.25) is 4.90 Å². The van der Waals surface area contributed by atoms with Crippen molar-refractivity contribution < 1.29 is 24.2 Å². The zero-order valence-corrected chi connectivity index (χ0v) is 13.4. The van der Waals surface area contributed by atoms with Crippen LogP contribution in [0, 0.1) is 0 Å². The summed E-state index contributed by atoms with van der Waals surface area (Å²) in [6.07, 6.45) is 0.843. The van der Waals surface area contributed by atoms with Gasteiger partial charge in [-0.2, -0.15) is 0 Å². The first-order valence-electron chi connectivity index (χ1n) is 7.76. The predicted octanol–water partition coefficient (Wildman–Crippen LogP) is 1.88. The number of ether oxygens (including phenoxy) is 2.